The fourth-order valence-electron chi connectivity index (χ4n) is 3.86. The molecule has 1 amide bonds. The van der Waals surface area contributed by atoms with Crippen LogP contribution in [0.5, 0.6) is 0 Å². The number of rotatable bonds is 2. The molecule has 1 fully saturated rings. The quantitative estimate of drug-likeness (QED) is 0.654. The van der Waals surface area contributed by atoms with Crippen molar-refractivity contribution in [2.24, 2.45) is 7.05 Å². The third-order valence-electron chi connectivity index (χ3n) is 5.35. The van der Waals surface area contributed by atoms with E-state index in [9.17, 15) is 18.0 Å². The Morgan fingerprint density at radius 3 is 2.66 bits per heavy atom. The van der Waals surface area contributed by atoms with Gasteiger partial charge in [-0.15, -0.1) is 0 Å². The summed E-state index contributed by atoms with van der Waals surface area (Å²) in [5.41, 5.74) is 0.137. The third-order valence-corrected chi connectivity index (χ3v) is 5.35. The fourth-order valence-corrected chi connectivity index (χ4v) is 3.86. The van der Waals surface area contributed by atoms with Crippen LogP contribution in [0.25, 0.3) is 16.9 Å². The number of amides is 1. The van der Waals surface area contributed by atoms with E-state index in [1.807, 2.05) is 6.92 Å². The first kappa shape index (κ1) is 19.4. The summed E-state index contributed by atoms with van der Waals surface area (Å²) in [6, 6.07) is 0.971. The van der Waals surface area contributed by atoms with E-state index in [4.69, 9.17) is 0 Å². The van der Waals surface area contributed by atoms with Crippen molar-refractivity contribution < 1.29 is 18.0 Å². The minimum absolute atomic E-state index is 0.0250. The number of carbonyl (C=O) groups is 1. The normalized spacial score (nSPS) is 17.9. The van der Waals surface area contributed by atoms with Gasteiger partial charge in [0.25, 0.3) is 5.91 Å². The van der Waals surface area contributed by atoms with Crippen molar-refractivity contribution in [3.63, 3.8) is 0 Å². The number of aryl methyl sites for hydroxylation is 2. The number of halogens is 3. The maximum atomic E-state index is 13.7. The number of likely N-dealkylation sites (tertiary alicyclic amines) is 1. The van der Waals surface area contributed by atoms with Gasteiger partial charge in [-0.1, -0.05) is 0 Å². The van der Waals surface area contributed by atoms with Gasteiger partial charge in [0.2, 0.25) is 0 Å². The van der Waals surface area contributed by atoms with Crippen molar-refractivity contribution in [1.29, 1.82) is 0 Å². The number of fused-ring (bicyclic) bond motifs is 1. The van der Waals surface area contributed by atoms with Gasteiger partial charge >= 0.3 is 6.18 Å². The standard InChI is InChI=1S/C19H21F3N6O/c1-11-6-4-5-7-27(11)18(29)13-9-23-28-16(19(20,21)22)8-15(24-17(13)28)14-10-26(3)25-12(14)2/h8-11H,4-7H2,1-3H3. The Kier molecular flexibility index (Phi) is 4.59. The van der Waals surface area contributed by atoms with Crippen LogP contribution in [0.4, 0.5) is 13.2 Å². The number of hydrogen-bond donors (Lipinski definition) is 0. The van der Waals surface area contributed by atoms with Crippen molar-refractivity contribution in [1.82, 2.24) is 29.3 Å². The Hall–Kier alpha value is -2.91. The van der Waals surface area contributed by atoms with Crippen LogP contribution in [0.2, 0.25) is 0 Å². The topological polar surface area (TPSA) is 68.3 Å². The lowest BCUT2D eigenvalue weighted by molar-refractivity contribution is -0.142. The Balaban J connectivity index is 1.90. The Morgan fingerprint density at radius 2 is 2.03 bits per heavy atom. The maximum Gasteiger partial charge on any atom is 0.433 e. The number of alkyl halides is 3. The molecule has 4 heterocycles. The van der Waals surface area contributed by atoms with Crippen LogP contribution in [-0.4, -0.2) is 47.8 Å². The molecular weight excluding hydrogens is 385 g/mol. The number of hydrogen-bond acceptors (Lipinski definition) is 4. The lowest BCUT2D eigenvalue weighted by atomic mass is 10.0. The van der Waals surface area contributed by atoms with Crippen molar-refractivity contribution in [3.05, 3.63) is 35.4 Å². The summed E-state index contributed by atoms with van der Waals surface area (Å²) >= 11 is 0. The Morgan fingerprint density at radius 1 is 1.28 bits per heavy atom. The summed E-state index contributed by atoms with van der Waals surface area (Å²) in [4.78, 5) is 19.2. The number of aromatic nitrogens is 5. The van der Waals surface area contributed by atoms with Gasteiger partial charge in [-0.3, -0.25) is 9.48 Å². The summed E-state index contributed by atoms with van der Waals surface area (Å²) in [5.74, 6) is -0.340. The van der Waals surface area contributed by atoms with E-state index in [0.717, 1.165) is 25.3 Å². The molecule has 1 unspecified atom stereocenters. The van der Waals surface area contributed by atoms with Crippen molar-refractivity contribution in [2.75, 3.05) is 6.54 Å². The molecule has 1 saturated heterocycles. The minimum atomic E-state index is -4.66. The van der Waals surface area contributed by atoms with Crippen LogP contribution in [-0.2, 0) is 13.2 Å². The van der Waals surface area contributed by atoms with E-state index in [2.05, 4.69) is 15.2 Å². The summed E-state index contributed by atoms with van der Waals surface area (Å²) in [7, 11) is 1.69. The first-order valence-electron chi connectivity index (χ1n) is 9.44. The number of carbonyl (C=O) groups excluding carboxylic acids is 1. The highest BCUT2D eigenvalue weighted by atomic mass is 19.4. The molecule has 0 aromatic carbocycles. The third kappa shape index (κ3) is 3.36. The highest BCUT2D eigenvalue weighted by molar-refractivity contribution is 6.00. The monoisotopic (exact) mass is 406 g/mol. The zero-order chi connectivity index (χ0) is 20.9. The largest absolute Gasteiger partial charge is 0.433 e. The van der Waals surface area contributed by atoms with Gasteiger partial charge in [0.05, 0.1) is 17.6 Å². The molecule has 10 heteroatoms. The van der Waals surface area contributed by atoms with E-state index in [1.165, 1.54) is 10.9 Å². The highest BCUT2D eigenvalue weighted by Gasteiger charge is 2.37. The molecule has 1 atom stereocenters. The lowest BCUT2D eigenvalue weighted by Crippen LogP contribution is -2.42. The maximum absolute atomic E-state index is 13.7. The molecule has 1 aliphatic heterocycles. The van der Waals surface area contributed by atoms with Crippen LogP contribution >= 0.6 is 0 Å². The number of piperidine rings is 1. The molecule has 0 aliphatic carbocycles. The van der Waals surface area contributed by atoms with Gasteiger partial charge in [-0.05, 0) is 39.2 Å². The zero-order valence-electron chi connectivity index (χ0n) is 16.4. The summed E-state index contributed by atoms with van der Waals surface area (Å²) in [5, 5.41) is 8.04. The predicted molar refractivity (Wildman–Crippen MR) is 99.3 cm³/mol. The molecule has 3 aromatic heterocycles. The lowest BCUT2D eigenvalue weighted by Gasteiger charge is -2.33. The molecule has 4 rings (SSSR count). The Labute approximate surface area is 165 Å². The van der Waals surface area contributed by atoms with Crippen molar-refractivity contribution >= 4 is 11.6 Å². The van der Waals surface area contributed by atoms with Gasteiger partial charge in [0, 0.05) is 31.4 Å². The SMILES string of the molecule is Cc1nn(C)cc1-c1cc(C(F)(F)F)n2ncc(C(=O)N3CCCCC3C)c2n1. The molecule has 29 heavy (non-hydrogen) atoms. The molecular formula is C19H21F3N6O. The van der Waals surface area contributed by atoms with Gasteiger partial charge in [0.1, 0.15) is 5.56 Å². The molecule has 0 bridgehead atoms. The van der Waals surface area contributed by atoms with E-state index >= 15 is 0 Å². The van der Waals surface area contributed by atoms with Crippen LogP contribution in [0.1, 0.15) is 47.9 Å². The van der Waals surface area contributed by atoms with Crippen LogP contribution in [0.3, 0.4) is 0 Å². The first-order valence-corrected chi connectivity index (χ1v) is 9.44. The van der Waals surface area contributed by atoms with E-state index < -0.39 is 11.9 Å². The van der Waals surface area contributed by atoms with Gasteiger partial charge < -0.3 is 4.90 Å². The second-order valence-corrected chi connectivity index (χ2v) is 7.46. The molecule has 3 aromatic rings. The summed E-state index contributed by atoms with van der Waals surface area (Å²) in [6.45, 7) is 4.22. The van der Waals surface area contributed by atoms with Crippen molar-refractivity contribution in [3.8, 4) is 11.3 Å². The molecule has 0 saturated carbocycles. The molecule has 7 nitrogen and oxygen atoms in total. The second-order valence-electron chi connectivity index (χ2n) is 7.46. The average molecular weight is 406 g/mol. The molecule has 154 valence electrons. The van der Waals surface area contributed by atoms with Crippen molar-refractivity contribution in [2.45, 2.75) is 45.3 Å². The van der Waals surface area contributed by atoms with Gasteiger partial charge in [-0.25, -0.2) is 9.50 Å². The number of nitrogens with zero attached hydrogens (tertiary/aromatic N) is 6. The smallest absolute Gasteiger partial charge is 0.336 e. The van der Waals surface area contributed by atoms with Crippen LogP contribution in [0, 0.1) is 6.92 Å². The van der Waals surface area contributed by atoms with Crippen LogP contribution in [0.15, 0.2) is 18.5 Å². The summed E-state index contributed by atoms with van der Waals surface area (Å²) in [6.07, 6.45) is 0.903. The minimum Gasteiger partial charge on any atom is -0.336 e. The van der Waals surface area contributed by atoms with E-state index in [-0.39, 0.29) is 28.9 Å². The molecule has 1 aliphatic rings. The fraction of sp³-hybridized carbons (Fsp3) is 0.474. The second kappa shape index (κ2) is 6.85. The Bertz CT molecular complexity index is 1080. The first-order chi connectivity index (χ1) is 13.7. The molecule has 0 radical (unpaired) electrons. The van der Waals surface area contributed by atoms with E-state index in [0.29, 0.717) is 22.3 Å². The van der Waals surface area contributed by atoms with Gasteiger partial charge in [0.15, 0.2) is 11.3 Å². The van der Waals surface area contributed by atoms with Crippen LogP contribution < -0.4 is 0 Å². The highest BCUT2D eigenvalue weighted by Crippen LogP contribution is 2.33. The molecule has 0 N–H and O–H groups in total. The predicted octanol–water partition coefficient (Wildman–Crippen LogP) is 3.47. The van der Waals surface area contributed by atoms with E-state index in [1.54, 1.807) is 25.1 Å². The zero-order valence-corrected chi connectivity index (χ0v) is 16.4. The van der Waals surface area contributed by atoms with Gasteiger partial charge in [-0.2, -0.15) is 23.4 Å². The molecule has 0 spiro atoms. The average Bonchev–Trinajstić information content (AvgIpc) is 3.22. The summed E-state index contributed by atoms with van der Waals surface area (Å²) < 4.78 is 43.4.